The van der Waals surface area contributed by atoms with Crippen LogP contribution in [0, 0.1) is 12.3 Å². The maximum Gasteiger partial charge on any atom is 0.227 e. The third-order valence-electron chi connectivity index (χ3n) is 4.90. The van der Waals surface area contributed by atoms with Gasteiger partial charge in [0.1, 0.15) is 5.58 Å². The van der Waals surface area contributed by atoms with Crippen LogP contribution in [0.15, 0.2) is 58.3 Å². The zero-order valence-electron chi connectivity index (χ0n) is 18.5. The fourth-order valence-electron chi connectivity index (χ4n) is 3.70. The van der Waals surface area contributed by atoms with Crippen molar-refractivity contribution in [3.63, 3.8) is 0 Å². The van der Waals surface area contributed by atoms with Gasteiger partial charge in [-0.2, -0.15) is 0 Å². The van der Waals surface area contributed by atoms with Crippen molar-refractivity contribution in [2.24, 2.45) is 5.41 Å². The van der Waals surface area contributed by atoms with E-state index in [1.165, 1.54) is 0 Å². The maximum atomic E-state index is 8.76. The molecule has 0 bridgehead atoms. The van der Waals surface area contributed by atoms with Gasteiger partial charge in [-0.05, 0) is 64.9 Å². The molecule has 0 atom stereocenters. The van der Waals surface area contributed by atoms with Crippen molar-refractivity contribution in [1.29, 1.82) is 0 Å². The van der Waals surface area contributed by atoms with Gasteiger partial charge in [-0.15, -0.1) is 11.3 Å². The van der Waals surface area contributed by atoms with Crippen molar-refractivity contribution < 1.29 is 7.16 Å². The third-order valence-corrected chi connectivity index (χ3v) is 5.86. The SMILES string of the molecule is [2H]C([2H])(c1csc2ccc(-c3cccc4c3oc3nc(C)ccc34)cc12)C(C)(C)C. The molecule has 0 radical (unpaired) electrons. The second kappa shape index (κ2) is 6.18. The predicted molar refractivity (Wildman–Crippen MR) is 120 cm³/mol. The van der Waals surface area contributed by atoms with E-state index < -0.39 is 11.8 Å². The molecular weight excluding hydrogens is 362 g/mol. The number of thiophene rings is 1. The third kappa shape index (κ3) is 2.91. The summed E-state index contributed by atoms with van der Waals surface area (Å²) in [5.74, 6) is 0. The van der Waals surface area contributed by atoms with Gasteiger partial charge in [0, 0.05) is 29.5 Å². The first-order valence-electron chi connectivity index (χ1n) is 10.5. The van der Waals surface area contributed by atoms with E-state index in [1.807, 2.05) is 45.2 Å². The molecule has 0 unspecified atom stereocenters. The summed E-state index contributed by atoms with van der Waals surface area (Å²) >= 11 is 1.60. The van der Waals surface area contributed by atoms with E-state index in [-0.39, 0.29) is 0 Å². The zero-order chi connectivity index (χ0) is 21.3. The van der Waals surface area contributed by atoms with Gasteiger partial charge >= 0.3 is 0 Å². The van der Waals surface area contributed by atoms with Crippen molar-refractivity contribution >= 4 is 43.5 Å². The van der Waals surface area contributed by atoms with E-state index in [1.54, 1.807) is 11.3 Å². The summed E-state index contributed by atoms with van der Waals surface area (Å²) in [4.78, 5) is 4.55. The minimum absolute atomic E-state index is 0.501. The van der Waals surface area contributed by atoms with Gasteiger partial charge in [-0.3, -0.25) is 0 Å². The van der Waals surface area contributed by atoms with Crippen LogP contribution < -0.4 is 0 Å². The normalized spacial score (nSPS) is 14.0. The molecule has 140 valence electrons. The first kappa shape index (κ1) is 15.3. The molecule has 3 heterocycles. The summed E-state index contributed by atoms with van der Waals surface area (Å²) < 4.78 is 24.8. The van der Waals surface area contributed by atoms with Crippen LogP contribution in [0.1, 0.15) is 34.8 Å². The molecular formula is C25H23NOS. The lowest BCUT2D eigenvalue weighted by Gasteiger charge is -2.17. The van der Waals surface area contributed by atoms with E-state index in [0.717, 1.165) is 48.8 Å². The van der Waals surface area contributed by atoms with Gasteiger partial charge in [0.05, 0.1) is 0 Å². The Morgan fingerprint density at radius 3 is 2.71 bits per heavy atom. The standard InChI is InChI=1S/C25H23NOS/c1-15-8-10-20-19-7-5-6-18(23(19)27-24(20)26-15)16-9-11-22-21(12-16)17(14-28-22)13-25(2,3)4/h5-12,14H,13H2,1-4H3/i13D2. The Morgan fingerprint density at radius 2 is 1.89 bits per heavy atom. The Bertz CT molecular complexity index is 1420. The van der Waals surface area contributed by atoms with Crippen LogP contribution in [0.2, 0.25) is 0 Å². The Hall–Kier alpha value is -2.65. The van der Waals surface area contributed by atoms with Crippen molar-refractivity contribution in [2.45, 2.75) is 34.1 Å². The molecule has 0 amide bonds. The van der Waals surface area contributed by atoms with Crippen molar-refractivity contribution in [1.82, 2.24) is 4.98 Å². The number of hydrogen-bond acceptors (Lipinski definition) is 3. The summed E-state index contributed by atoms with van der Waals surface area (Å²) in [5, 5.41) is 5.00. The van der Waals surface area contributed by atoms with Crippen LogP contribution in [-0.4, -0.2) is 4.98 Å². The van der Waals surface area contributed by atoms with Crippen molar-refractivity contribution in [2.75, 3.05) is 0 Å². The first-order chi connectivity index (χ1) is 14.2. The summed E-state index contributed by atoms with van der Waals surface area (Å²) in [6.07, 6.45) is -1.43. The Morgan fingerprint density at radius 1 is 1.04 bits per heavy atom. The van der Waals surface area contributed by atoms with Crippen LogP contribution in [0.5, 0.6) is 0 Å². The van der Waals surface area contributed by atoms with Crippen molar-refractivity contribution in [3.05, 3.63) is 65.2 Å². The lowest BCUT2D eigenvalue weighted by Crippen LogP contribution is -2.08. The summed E-state index contributed by atoms with van der Waals surface area (Å²) in [6.45, 7) is 7.81. The average molecular weight is 388 g/mol. The molecule has 0 aliphatic carbocycles. The molecule has 0 aliphatic heterocycles. The average Bonchev–Trinajstić information content (AvgIpc) is 3.27. The van der Waals surface area contributed by atoms with Crippen LogP contribution in [0.4, 0.5) is 0 Å². The summed E-state index contributed by atoms with van der Waals surface area (Å²) in [7, 11) is 0. The number of hydrogen-bond donors (Lipinski definition) is 0. The molecule has 0 fully saturated rings. The van der Waals surface area contributed by atoms with Gasteiger partial charge in [-0.25, -0.2) is 4.98 Å². The van der Waals surface area contributed by atoms with Gasteiger partial charge < -0.3 is 4.42 Å². The number of fused-ring (bicyclic) bond motifs is 4. The highest BCUT2D eigenvalue weighted by molar-refractivity contribution is 7.17. The second-order valence-electron chi connectivity index (χ2n) is 8.32. The van der Waals surface area contributed by atoms with E-state index in [9.17, 15) is 0 Å². The minimum atomic E-state index is -1.43. The molecule has 5 rings (SSSR count). The molecule has 2 nitrogen and oxygen atoms in total. The molecule has 3 heteroatoms. The molecule has 2 aromatic carbocycles. The van der Waals surface area contributed by atoms with E-state index in [4.69, 9.17) is 7.16 Å². The number of aryl methyl sites for hydroxylation is 1. The number of benzene rings is 2. The Labute approximate surface area is 171 Å². The molecule has 0 spiro atoms. The van der Waals surface area contributed by atoms with Gasteiger partial charge in [0.2, 0.25) is 5.71 Å². The van der Waals surface area contributed by atoms with Crippen LogP contribution in [-0.2, 0) is 6.37 Å². The molecule has 5 aromatic rings. The Kier molecular flexibility index (Phi) is 3.38. The zero-order valence-corrected chi connectivity index (χ0v) is 17.3. The second-order valence-corrected chi connectivity index (χ2v) is 9.24. The van der Waals surface area contributed by atoms with E-state index in [2.05, 4.69) is 41.4 Å². The minimum Gasteiger partial charge on any atom is -0.437 e. The van der Waals surface area contributed by atoms with E-state index in [0.29, 0.717) is 5.71 Å². The Balaban J connectivity index is 1.75. The van der Waals surface area contributed by atoms with Crippen LogP contribution in [0.25, 0.3) is 43.3 Å². The van der Waals surface area contributed by atoms with E-state index >= 15 is 0 Å². The molecule has 0 saturated carbocycles. The molecule has 28 heavy (non-hydrogen) atoms. The largest absolute Gasteiger partial charge is 0.437 e. The smallest absolute Gasteiger partial charge is 0.227 e. The van der Waals surface area contributed by atoms with Gasteiger partial charge in [-0.1, -0.05) is 45.0 Å². The number of nitrogens with zero attached hydrogens (tertiary/aromatic N) is 1. The first-order valence-corrected chi connectivity index (χ1v) is 10.4. The highest BCUT2D eigenvalue weighted by Gasteiger charge is 2.17. The number of rotatable bonds is 2. The van der Waals surface area contributed by atoms with Gasteiger partial charge in [0.15, 0.2) is 0 Å². The predicted octanol–water partition coefficient (Wildman–Crippen LogP) is 7.76. The topological polar surface area (TPSA) is 26.0 Å². The molecule has 0 aliphatic rings. The number of pyridine rings is 1. The molecule has 3 aromatic heterocycles. The summed E-state index contributed by atoms with van der Waals surface area (Å²) in [5.41, 5.74) is 4.67. The lowest BCUT2D eigenvalue weighted by molar-refractivity contribution is 0.413. The number of aromatic nitrogens is 1. The van der Waals surface area contributed by atoms with Gasteiger partial charge in [0.25, 0.3) is 0 Å². The van der Waals surface area contributed by atoms with Crippen molar-refractivity contribution in [3.8, 4) is 11.1 Å². The van der Waals surface area contributed by atoms with Crippen LogP contribution >= 0.6 is 11.3 Å². The quantitative estimate of drug-likeness (QED) is 0.309. The fraction of sp³-hybridized carbons (Fsp3) is 0.240. The molecule has 0 saturated heterocycles. The number of para-hydroxylation sites is 1. The van der Waals surface area contributed by atoms with Crippen LogP contribution in [0.3, 0.4) is 0 Å². The highest BCUT2D eigenvalue weighted by atomic mass is 32.1. The molecule has 0 N–H and O–H groups in total. The monoisotopic (exact) mass is 387 g/mol. The fourth-order valence-corrected chi connectivity index (χ4v) is 4.57. The highest BCUT2D eigenvalue weighted by Crippen LogP contribution is 2.38. The maximum absolute atomic E-state index is 8.76. The lowest BCUT2D eigenvalue weighted by atomic mass is 9.87. The summed E-state index contributed by atoms with van der Waals surface area (Å²) in [6, 6.07) is 16.5. The number of furan rings is 1.